The summed E-state index contributed by atoms with van der Waals surface area (Å²) in [6, 6.07) is 6.84. The van der Waals surface area contributed by atoms with Crippen LogP contribution < -0.4 is 5.32 Å². The summed E-state index contributed by atoms with van der Waals surface area (Å²) in [5.41, 5.74) is -0.0916. The van der Waals surface area contributed by atoms with Crippen LogP contribution in [0.3, 0.4) is 0 Å². The van der Waals surface area contributed by atoms with Crippen molar-refractivity contribution in [3.8, 4) is 0 Å². The average molecular weight is 313 g/mol. The Bertz CT molecular complexity index is 695. The summed E-state index contributed by atoms with van der Waals surface area (Å²) in [7, 11) is 0. The minimum Gasteiger partial charge on any atom is -0.371 e. The number of rotatable bonds is 4. The Morgan fingerprint density at radius 3 is 2.62 bits per heavy atom. The highest BCUT2D eigenvalue weighted by Crippen LogP contribution is 2.32. The zero-order chi connectivity index (χ0) is 15.6. The summed E-state index contributed by atoms with van der Waals surface area (Å²) in [6.45, 7) is 1.65. The Kier molecular flexibility index (Phi) is 4.37. The van der Waals surface area contributed by atoms with Gasteiger partial charge >= 0.3 is 0 Å². The van der Waals surface area contributed by atoms with E-state index in [-0.39, 0.29) is 16.4 Å². The first-order valence-electron chi connectivity index (χ1n) is 6.04. The van der Waals surface area contributed by atoms with Crippen molar-refractivity contribution in [1.29, 1.82) is 0 Å². The molecule has 0 aliphatic heterocycles. The highest BCUT2D eigenvalue weighted by molar-refractivity contribution is 6.31. The third kappa shape index (κ3) is 3.28. The van der Waals surface area contributed by atoms with Gasteiger partial charge in [-0.15, -0.1) is 0 Å². The molecule has 1 atom stereocenters. The van der Waals surface area contributed by atoms with E-state index in [1.54, 1.807) is 6.92 Å². The van der Waals surface area contributed by atoms with Crippen LogP contribution in [0.1, 0.15) is 18.5 Å². The molecule has 0 amide bonds. The molecule has 0 spiro atoms. The normalized spacial score (nSPS) is 12.0. The number of halogens is 3. The number of hydrogen-bond donors (Lipinski definition) is 1. The molecule has 0 aliphatic rings. The lowest BCUT2D eigenvalue weighted by atomic mass is 10.1. The van der Waals surface area contributed by atoms with Crippen molar-refractivity contribution in [3.05, 3.63) is 68.7 Å². The molecule has 0 saturated heterocycles. The molecule has 1 N–H and O–H groups in total. The fraction of sp³-hybridized carbons (Fsp3) is 0.143. The Balaban J connectivity index is 2.36. The summed E-state index contributed by atoms with van der Waals surface area (Å²) in [5, 5.41) is 13.8. The predicted molar refractivity (Wildman–Crippen MR) is 76.5 cm³/mol. The van der Waals surface area contributed by atoms with E-state index in [4.69, 9.17) is 11.6 Å². The molecule has 2 aromatic rings. The van der Waals surface area contributed by atoms with Crippen LogP contribution in [-0.2, 0) is 0 Å². The molecule has 0 saturated carbocycles. The molecule has 2 aromatic carbocycles. The lowest BCUT2D eigenvalue weighted by Gasteiger charge is -2.17. The predicted octanol–water partition coefficient (Wildman–Crippen LogP) is 4.70. The molecular weight excluding hydrogens is 302 g/mol. The van der Waals surface area contributed by atoms with Crippen LogP contribution >= 0.6 is 11.6 Å². The van der Waals surface area contributed by atoms with E-state index >= 15 is 0 Å². The molecule has 110 valence electrons. The van der Waals surface area contributed by atoms with Crippen LogP contribution in [0.2, 0.25) is 5.02 Å². The zero-order valence-electron chi connectivity index (χ0n) is 10.9. The number of nitro groups is 1. The average Bonchev–Trinajstić information content (AvgIpc) is 2.40. The summed E-state index contributed by atoms with van der Waals surface area (Å²) < 4.78 is 26.8. The standard InChI is InChI=1S/C14H11ClF2N2O2/c1-8(10-6-5-9(16)7-11(10)15)18-14-12(17)3-2-4-13(14)19(20)21/h2-8,18H,1H3. The van der Waals surface area contributed by atoms with Crippen molar-refractivity contribution in [2.75, 3.05) is 5.32 Å². The van der Waals surface area contributed by atoms with Crippen LogP contribution in [0, 0.1) is 21.7 Å². The molecule has 7 heteroatoms. The number of anilines is 1. The number of nitrogens with one attached hydrogen (secondary N) is 1. The highest BCUT2D eigenvalue weighted by Gasteiger charge is 2.20. The molecule has 0 bridgehead atoms. The molecule has 0 radical (unpaired) electrons. The van der Waals surface area contributed by atoms with Gasteiger partial charge in [-0.3, -0.25) is 10.1 Å². The number of para-hydroxylation sites is 1. The van der Waals surface area contributed by atoms with Gasteiger partial charge in [-0.05, 0) is 30.7 Å². The Labute approximate surface area is 124 Å². The molecule has 4 nitrogen and oxygen atoms in total. The maximum Gasteiger partial charge on any atom is 0.295 e. The van der Waals surface area contributed by atoms with Gasteiger partial charge < -0.3 is 5.32 Å². The minimum absolute atomic E-state index is 0.161. The first-order valence-corrected chi connectivity index (χ1v) is 6.42. The molecule has 21 heavy (non-hydrogen) atoms. The monoisotopic (exact) mass is 312 g/mol. The molecule has 0 fully saturated rings. The van der Waals surface area contributed by atoms with Crippen molar-refractivity contribution in [2.24, 2.45) is 0 Å². The summed E-state index contributed by atoms with van der Waals surface area (Å²) >= 11 is 5.93. The van der Waals surface area contributed by atoms with Gasteiger partial charge in [0.25, 0.3) is 5.69 Å². The summed E-state index contributed by atoms with van der Waals surface area (Å²) in [5.74, 6) is -1.23. The van der Waals surface area contributed by atoms with Crippen molar-refractivity contribution in [1.82, 2.24) is 0 Å². The number of nitrogens with zero attached hydrogens (tertiary/aromatic N) is 1. The van der Waals surface area contributed by atoms with Crippen LogP contribution in [0.15, 0.2) is 36.4 Å². The Morgan fingerprint density at radius 1 is 1.29 bits per heavy atom. The molecule has 2 rings (SSSR count). The largest absolute Gasteiger partial charge is 0.371 e. The number of benzene rings is 2. The fourth-order valence-corrected chi connectivity index (χ4v) is 2.29. The maximum absolute atomic E-state index is 13.8. The number of hydrogen-bond acceptors (Lipinski definition) is 3. The van der Waals surface area contributed by atoms with Gasteiger partial charge in [0.1, 0.15) is 11.5 Å². The zero-order valence-corrected chi connectivity index (χ0v) is 11.7. The van der Waals surface area contributed by atoms with E-state index in [1.165, 1.54) is 24.3 Å². The molecule has 0 aromatic heterocycles. The van der Waals surface area contributed by atoms with E-state index in [0.29, 0.717) is 5.56 Å². The van der Waals surface area contributed by atoms with Gasteiger partial charge in [-0.25, -0.2) is 8.78 Å². The van der Waals surface area contributed by atoms with E-state index in [0.717, 1.165) is 12.1 Å². The first kappa shape index (κ1) is 15.2. The van der Waals surface area contributed by atoms with Crippen molar-refractivity contribution in [3.63, 3.8) is 0 Å². The first-order chi connectivity index (χ1) is 9.90. The lowest BCUT2D eigenvalue weighted by Crippen LogP contribution is -2.10. The summed E-state index contributed by atoms with van der Waals surface area (Å²) in [6.07, 6.45) is 0. The van der Waals surface area contributed by atoms with Gasteiger partial charge in [-0.2, -0.15) is 0 Å². The SMILES string of the molecule is CC(Nc1c(F)cccc1[N+](=O)[O-])c1ccc(F)cc1Cl. The van der Waals surface area contributed by atoms with E-state index in [9.17, 15) is 18.9 Å². The van der Waals surface area contributed by atoms with Crippen molar-refractivity contribution < 1.29 is 13.7 Å². The molecule has 0 heterocycles. The van der Waals surface area contributed by atoms with Gasteiger partial charge in [0.05, 0.1) is 11.0 Å². The Morgan fingerprint density at radius 2 is 2.00 bits per heavy atom. The fourth-order valence-electron chi connectivity index (χ4n) is 1.95. The minimum atomic E-state index is -0.741. The molecule has 1 unspecified atom stereocenters. The third-order valence-electron chi connectivity index (χ3n) is 2.98. The summed E-state index contributed by atoms with van der Waals surface area (Å²) in [4.78, 5) is 10.3. The smallest absolute Gasteiger partial charge is 0.295 e. The lowest BCUT2D eigenvalue weighted by molar-refractivity contribution is -0.384. The van der Waals surface area contributed by atoms with Gasteiger partial charge in [0.15, 0.2) is 5.82 Å². The van der Waals surface area contributed by atoms with Crippen LogP contribution in [0.5, 0.6) is 0 Å². The van der Waals surface area contributed by atoms with Crippen molar-refractivity contribution >= 4 is 23.0 Å². The van der Waals surface area contributed by atoms with Gasteiger partial charge in [0.2, 0.25) is 0 Å². The second-order valence-corrected chi connectivity index (χ2v) is 4.83. The van der Waals surface area contributed by atoms with Crippen LogP contribution in [0.25, 0.3) is 0 Å². The highest BCUT2D eigenvalue weighted by atomic mass is 35.5. The van der Waals surface area contributed by atoms with E-state index in [1.807, 2.05) is 0 Å². The van der Waals surface area contributed by atoms with E-state index in [2.05, 4.69) is 5.32 Å². The van der Waals surface area contributed by atoms with E-state index < -0.39 is 22.6 Å². The molecular formula is C14H11ClF2N2O2. The quantitative estimate of drug-likeness (QED) is 0.657. The molecule has 0 aliphatic carbocycles. The Hall–Kier alpha value is -2.21. The third-order valence-corrected chi connectivity index (χ3v) is 3.31. The second kappa shape index (κ2) is 6.05. The number of nitro benzene ring substituents is 1. The van der Waals surface area contributed by atoms with Gasteiger partial charge in [-0.1, -0.05) is 23.7 Å². The second-order valence-electron chi connectivity index (χ2n) is 4.42. The van der Waals surface area contributed by atoms with Crippen LogP contribution in [0.4, 0.5) is 20.2 Å². The van der Waals surface area contributed by atoms with Crippen molar-refractivity contribution in [2.45, 2.75) is 13.0 Å². The van der Waals surface area contributed by atoms with Crippen LogP contribution in [-0.4, -0.2) is 4.92 Å². The van der Waals surface area contributed by atoms with Gasteiger partial charge in [0, 0.05) is 11.1 Å². The topological polar surface area (TPSA) is 55.2 Å². The maximum atomic E-state index is 13.8.